The third kappa shape index (κ3) is 14.3. The summed E-state index contributed by atoms with van der Waals surface area (Å²) in [6, 6.07) is 8.58. The van der Waals surface area contributed by atoms with Crippen molar-refractivity contribution in [2.45, 2.75) is 50.9 Å². The average Bonchev–Trinajstić information content (AvgIpc) is 3.68. The molecule has 24 nitrogen and oxygen atoms in total. The zero-order valence-electron chi connectivity index (χ0n) is 30.5. The first kappa shape index (κ1) is 48.7. The number of carbonyl (C=O) groups excluding carboxylic acids is 3. The second-order valence-electron chi connectivity index (χ2n) is 12.6. The largest absolute Gasteiger partial charge is 0.481 e. The summed E-state index contributed by atoms with van der Waals surface area (Å²) < 4.78 is 62.1. The number of aromatic nitrogens is 4. The fraction of sp³-hybridized carbons (Fsp3) is 0.500. The minimum atomic E-state index is -5.57. The number of anilines is 1. The molecule has 4 rings (SSSR count). The topological polar surface area (TPSA) is 364 Å². The summed E-state index contributed by atoms with van der Waals surface area (Å²) >= 11 is 1.02. The monoisotopic (exact) mass is 878 g/mol. The molecule has 2 aromatic heterocycles. The number of carbonyl (C=O) groups is 3. The number of thioether (sulfide) groups is 1. The minimum absolute atomic E-state index is 0. The van der Waals surface area contributed by atoms with Crippen LogP contribution in [0.2, 0.25) is 0 Å². The number of nitrogens with two attached hydrogens (primary N) is 1. The van der Waals surface area contributed by atoms with Gasteiger partial charge in [-0.1, -0.05) is 55.9 Å². The molecule has 10 N–H and O–H groups in total. The van der Waals surface area contributed by atoms with Crippen molar-refractivity contribution in [1.82, 2.24) is 30.2 Å². The van der Waals surface area contributed by atoms with Crippen molar-refractivity contribution in [3.8, 4) is 0 Å². The van der Waals surface area contributed by atoms with E-state index in [0.717, 1.165) is 29.0 Å². The predicted octanol–water partition coefficient (Wildman–Crippen LogP) is -0.402. The average molecular weight is 879 g/mol. The van der Waals surface area contributed by atoms with Crippen LogP contribution >= 0.6 is 35.2 Å². The molecule has 29 heteroatoms. The molecule has 1 fully saturated rings. The molecule has 3 heterocycles. The van der Waals surface area contributed by atoms with Gasteiger partial charge in [0.2, 0.25) is 16.9 Å². The molecule has 1 aromatic carbocycles. The number of fused-ring (bicyclic) bond motifs is 1. The van der Waals surface area contributed by atoms with Crippen molar-refractivity contribution in [2.75, 3.05) is 37.8 Å². The first-order valence-electron chi connectivity index (χ1n) is 16.2. The number of phosphoric acid groups is 3. The van der Waals surface area contributed by atoms with E-state index in [1.54, 1.807) is 30.3 Å². The summed E-state index contributed by atoms with van der Waals surface area (Å²) in [5.74, 6) is -1.17. The van der Waals surface area contributed by atoms with E-state index in [9.17, 15) is 57.9 Å². The number of nitrogens with one attached hydrogen (secondary N) is 2. The summed E-state index contributed by atoms with van der Waals surface area (Å²) in [6.45, 7) is 0.448. The molecule has 7 unspecified atom stereocenters. The maximum absolute atomic E-state index is 12.7. The summed E-state index contributed by atoms with van der Waals surface area (Å²) in [7, 11) is -16.4. The molecule has 0 saturated carbocycles. The molecule has 57 heavy (non-hydrogen) atoms. The van der Waals surface area contributed by atoms with Gasteiger partial charge in [-0.3, -0.25) is 32.5 Å². The van der Waals surface area contributed by atoms with E-state index >= 15 is 0 Å². The number of aliphatic hydroxyl groups excluding tert-OH is 2. The smallest absolute Gasteiger partial charge is 0.386 e. The van der Waals surface area contributed by atoms with Crippen LogP contribution in [-0.2, 0) is 45.9 Å². The van der Waals surface area contributed by atoms with Crippen molar-refractivity contribution in [1.29, 1.82) is 0 Å². The van der Waals surface area contributed by atoms with Crippen LogP contribution in [-0.4, -0.2) is 142 Å². The Morgan fingerprint density at radius 2 is 1.68 bits per heavy atom. The van der Waals surface area contributed by atoms with Gasteiger partial charge in [0.15, 0.2) is 17.7 Å². The standard InChI is InChI=1S/C28H40N7O17P3S.Li/c1-28(2,22(38)25(39)31-9-8-18(36)30-10-11-56-27(40)16-6-4-3-5-7-16)13-49-55(46,47)52-54(44,45)48-12-17-21(51-53(41,42)43)20(37)26(50-17)35-15-34-19-23(29)32-14-33-24(19)35;/h3-7,14-15,17,20-22,26,37-38H,8-13H2,1-2H3,(H,30,36)(H,31,39)(H,44,45)(H,46,47)(H2,29,32,33)(H2,41,42,43);. The maximum Gasteiger partial charge on any atom is 0.481 e. The number of amides is 2. The Hall–Kier alpha value is -2.62. The van der Waals surface area contributed by atoms with Gasteiger partial charge >= 0.3 is 23.5 Å². The van der Waals surface area contributed by atoms with E-state index in [-0.39, 0.29) is 60.5 Å². The first-order chi connectivity index (χ1) is 26.1. The van der Waals surface area contributed by atoms with Gasteiger partial charge in [-0.2, -0.15) is 4.31 Å². The Morgan fingerprint density at radius 3 is 2.35 bits per heavy atom. The van der Waals surface area contributed by atoms with Crippen molar-refractivity contribution >= 4 is 88.0 Å². The zero-order valence-corrected chi connectivity index (χ0v) is 34.0. The number of nitrogen functional groups attached to an aromatic ring is 1. The molecular weight excluding hydrogens is 838 g/mol. The summed E-state index contributed by atoms with van der Waals surface area (Å²) in [6.07, 6.45) is -6.94. The Labute approximate surface area is 340 Å². The molecular formula is C28H40LiN7O17P3S. The van der Waals surface area contributed by atoms with E-state index in [1.165, 1.54) is 13.8 Å². The molecule has 1 aliphatic rings. The Balaban J connectivity index is 0.00000870. The van der Waals surface area contributed by atoms with Gasteiger partial charge in [-0.25, -0.2) is 28.6 Å². The van der Waals surface area contributed by atoms with E-state index in [4.69, 9.17) is 19.5 Å². The molecule has 0 spiro atoms. The van der Waals surface area contributed by atoms with Crippen LogP contribution in [0.1, 0.15) is 36.9 Å². The number of nitrogens with zero attached hydrogens (tertiary/aromatic N) is 4. The molecule has 7 atom stereocenters. The van der Waals surface area contributed by atoms with Gasteiger partial charge < -0.3 is 50.9 Å². The van der Waals surface area contributed by atoms with Crippen LogP contribution < -0.4 is 16.4 Å². The van der Waals surface area contributed by atoms with Gasteiger partial charge in [0.1, 0.15) is 36.3 Å². The van der Waals surface area contributed by atoms with E-state index < -0.39 is 84.6 Å². The Morgan fingerprint density at radius 1 is 1.02 bits per heavy atom. The van der Waals surface area contributed by atoms with Crippen LogP contribution in [0.25, 0.3) is 11.2 Å². The van der Waals surface area contributed by atoms with Crippen molar-refractivity contribution in [3.63, 3.8) is 0 Å². The summed E-state index contributed by atoms with van der Waals surface area (Å²) in [5.41, 5.74) is 4.78. The molecule has 311 valence electrons. The van der Waals surface area contributed by atoms with Crippen LogP contribution in [0.3, 0.4) is 0 Å². The second kappa shape index (κ2) is 20.6. The fourth-order valence-electron chi connectivity index (χ4n) is 4.93. The second-order valence-corrected chi connectivity index (χ2v) is 17.9. The number of benzene rings is 1. The maximum atomic E-state index is 12.7. The molecule has 2 amide bonds. The first-order valence-corrected chi connectivity index (χ1v) is 21.7. The van der Waals surface area contributed by atoms with Crippen LogP contribution in [0.5, 0.6) is 0 Å². The van der Waals surface area contributed by atoms with Crippen LogP contribution in [0.15, 0.2) is 43.0 Å². The van der Waals surface area contributed by atoms with Gasteiger partial charge in [-0.15, -0.1) is 0 Å². The number of rotatable bonds is 20. The van der Waals surface area contributed by atoms with E-state index in [2.05, 4.69) is 34.4 Å². The van der Waals surface area contributed by atoms with Crippen LogP contribution in [0, 0.1) is 5.41 Å². The predicted molar refractivity (Wildman–Crippen MR) is 199 cm³/mol. The molecule has 3 aromatic rings. The zero-order chi connectivity index (χ0) is 41.5. The third-order valence-corrected chi connectivity index (χ3v) is 11.8. The minimum Gasteiger partial charge on any atom is -0.386 e. The van der Waals surface area contributed by atoms with Gasteiger partial charge in [-0.05, 0) is 0 Å². The molecule has 1 saturated heterocycles. The Kier molecular flexibility index (Phi) is 17.6. The van der Waals surface area contributed by atoms with Gasteiger partial charge in [0.25, 0.3) is 0 Å². The van der Waals surface area contributed by atoms with Crippen molar-refractivity contribution in [3.05, 3.63) is 48.5 Å². The molecule has 0 bridgehead atoms. The van der Waals surface area contributed by atoms with Crippen molar-refractivity contribution in [2.24, 2.45) is 5.41 Å². The molecule has 1 radical (unpaired) electrons. The number of hydrogen-bond acceptors (Lipinski definition) is 18. The van der Waals surface area contributed by atoms with Gasteiger partial charge in [0, 0.05) is 55.1 Å². The van der Waals surface area contributed by atoms with E-state index in [1.807, 2.05) is 0 Å². The number of aliphatic hydroxyl groups is 2. The molecule has 0 aliphatic carbocycles. The summed E-state index contributed by atoms with van der Waals surface area (Å²) in [5, 5.41) is 26.2. The third-order valence-electron chi connectivity index (χ3n) is 7.74. The van der Waals surface area contributed by atoms with E-state index in [0.29, 0.717) is 11.3 Å². The van der Waals surface area contributed by atoms with Crippen molar-refractivity contribution < 1.29 is 80.5 Å². The van der Waals surface area contributed by atoms with Crippen LogP contribution in [0.4, 0.5) is 5.82 Å². The molecule has 1 aliphatic heterocycles. The SMILES string of the molecule is CC(C)(COP(=O)(O)OP(=O)(O)OCC1OC(n2cnc3c(N)ncnc32)C(O)C1OP(=O)(O)O)C(O)C(=O)NCCC(=O)NCCSC(=O)c1ccccc1.[Li]. The quantitative estimate of drug-likeness (QED) is 0.0396. The van der Waals surface area contributed by atoms with Gasteiger partial charge in [0.05, 0.1) is 19.5 Å². The number of imidazole rings is 1. The number of hydrogen-bond donors (Lipinski definition) is 9. The normalized spacial score (nSPS) is 21.2. The summed E-state index contributed by atoms with van der Waals surface area (Å²) in [4.78, 5) is 87.7. The fourth-order valence-corrected chi connectivity index (χ4v) is 8.45. The number of ether oxygens (including phenoxy) is 1. The Bertz CT molecular complexity index is 2010. The number of phosphoric ester groups is 3.